The van der Waals surface area contributed by atoms with Gasteiger partial charge in [-0.05, 0) is 6.42 Å². The summed E-state index contributed by atoms with van der Waals surface area (Å²) in [6, 6.07) is 0. The third-order valence-electron chi connectivity index (χ3n) is 2.83. The van der Waals surface area contributed by atoms with Crippen molar-refractivity contribution in [2.24, 2.45) is 0 Å². The highest BCUT2D eigenvalue weighted by atomic mass is 16.6. The lowest BCUT2D eigenvalue weighted by atomic mass is 10.2. The van der Waals surface area contributed by atoms with Crippen molar-refractivity contribution in [3.05, 3.63) is 0 Å². The van der Waals surface area contributed by atoms with Gasteiger partial charge in [-0.15, -0.1) is 0 Å². The highest BCUT2D eigenvalue weighted by Gasteiger charge is 2.17. The Kier molecular flexibility index (Phi) is 11.3. The Balaban J connectivity index is 1.64. The molecular formula is C14H27NO6. The van der Waals surface area contributed by atoms with E-state index in [1.54, 1.807) is 0 Å². The molecule has 0 aromatic rings. The minimum atomic E-state index is -0.0452. The number of rotatable bonds is 14. The van der Waals surface area contributed by atoms with Crippen LogP contribution in [0.5, 0.6) is 0 Å². The molecule has 21 heavy (non-hydrogen) atoms. The fourth-order valence-electron chi connectivity index (χ4n) is 1.59. The maximum absolute atomic E-state index is 10.6. The van der Waals surface area contributed by atoms with Gasteiger partial charge in [0, 0.05) is 20.1 Å². The van der Waals surface area contributed by atoms with E-state index in [-0.39, 0.29) is 5.91 Å². The van der Waals surface area contributed by atoms with Crippen LogP contribution in [0.2, 0.25) is 0 Å². The third kappa shape index (κ3) is 11.6. The first kappa shape index (κ1) is 18.3. The van der Waals surface area contributed by atoms with Crippen LogP contribution < -0.4 is 5.32 Å². The third-order valence-corrected chi connectivity index (χ3v) is 2.83. The minimum absolute atomic E-state index is 0.0452. The van der Waals surface area contributed by atoms with E-state index in [2.05, 4.69) is 5.32 Å². The van der Waals surface area contributed by atoms with Crippen LogP contribution in [0.15, 0.2) is 0 Å². The molecule has 1 N–H and O–H groups in total. The quantitative estimate of drug-likeness (QED) is 0.455. The van der Waals surface area contributed by atoms with E-state index in [4.69, 9.17) is 23.7 Å². The van der Waals surface area contributed by atoms with Gasteiger partial charge in [0.25, 0.3) is 0 Å². The van der Waals surface area contributed by atoms with Crippen LogP contribution >= 0.6 is 0 Å². The highest BCUT2D eigenvalue weighted by molar-refractivity contribution is 5.72. The summed E-state index contributed by atoms with van der Waals surface area (Å²) in [5, 5.41) is 2.65. The molecule has 0 aliphatic carbocycles. The van der Waals surface area contributed by atoms with Crippen LogP contribution in [0.3, 0.4) is 0 Å². The van der Waals surface area contributed by atoms with Crippen LogP contribution in [-0.4, -0.2) is 78.0 Å². The monoisotopic (exact) mass is 305 g/mol. The zero-order chi connectivity index (χ0) is 15.2. The van der Waals surface area contributed by atoms with Crippen LogP contribution in [0.1, 0.15) is 13.3 Å². The van der Waals surface area contributed by atoms with Gasteiger partial charge in [0.1, 0.15) is 0 Å². The molecule has 0 aromatic carbocycles. The summed E-state index contributed by atoms with van der Waals surface area (Å²) in [6.45, 7) is 7.34. The summed E-state index contributed by atoms with van der Waals surface area (Å²) in [5.41, 5.74) is 0. The molecule has 1 amide bonds. The van der Waals surface area contributed by atoms with E-state index in [0.29, 0.717) is 65.5 Å². The average molecular weight is 305 g/mol. The van der Waals surface area contributed by atoms with Crippen molar-refractivity contribution in [1.29, 1.82) is 0 Å². The van der Waals surface area contributed by atoms with E-state index < -0.39 is 0 Å². The Bertz CT molecular complexity index is 260. The summed E-state index contributed by atoms with van der Waals surface area (Å²) in [4.78, 5) is 10.6. The second-order valence-electron chi connectivity index (χ2n) is 4.68. The van der Waals surface area contributed by atoms with Gasteiger partial charge in [-0.2, -0.15) is 0 Å². The Morgan fingerprint density at radius 1 is 1.00 bits per heavy atom. The molecule has 1 fully saturated rings. The number of carbonyl (C=O) groups excluding carboxylic acids is 1. The van der Waals surface area contributed by atoms with Crippen molar-refractivity contribution in [3.8, 4) is 0 Å². The van der Waals surface area contributed by atoms with Crippen molar-refractivity contribution in [1.82, 2.24) is 5.32 Å². The van der Waals surface area contributed by atoms with Gasteiger partial charge in [0.2, 0.25) is 5.91 Å². The number of ether oxygens (including phenoxy) is 5. The summed E-state index contributed by atoms with van der Waals surface area (Å²) >= 11 is 0. The lowest BCUT2D eigenvalue weighted by Gasteiger charge is -2.25. The first-order valence-corrected chi connectivity index (χ1v) is 7.46. The molecule has 1 atom stereocenters. The summed E-state index contributed by atoms with van der Waals surface area (Å²) in [6.07, 6.45) is 1.39. The van der Waals surface area contributed by atoms with E-state index in [1.807, 2.05) is 0 Å². The Hall–Kier alpha value is -0.730. The fourth-order valence-corrected chi connectivity index (χ4v) is 1.59. The Morgan fingerprint density at radius 2 is 1.52 bits per heavy atom. The van der Waals surface area contributed by atoms with Crippen molar-refractivity contribution in [2.45, 2.75) is 19.4 Å². The summed E-state index contributed by atoms with van der Waals surface area (Å²) in [7, 11) is 0. The van der Waals surface area contributed by atoms with Gasteiger partial charge in [-0.3, -0.25) is 4.79 Å². The molecular weight excluding hydrogens is 278 g/mol. The normalized spacial score (nSPS) is 17.5. The number of hydrogen-bond donors (Lipinski definition) is 1. The molecule has 1 aliphatic heterocycles. The van der Waals surface area contributed by atoms with Gasteiger partial charge in [0.15, 0.2) is 0 Å². The van der Waals surface area contributed by atoms with E-state index in [0.717, 1.165) is 13.0 Å². The molecule has 1 rings (SSSR count). The molecule has 0 spiro atoms. The first-order chi connectivity index (χ1) is 10.3. The zero-order valence-electron chi connectivity index (χ0n) is 12.8. The molecule has 1 saturated heterocycles. The molecule has 124 valence electrons. The van der Waals surface area contributed by atoms with E-state index in [1.165, 1.54) is 6.92 Å². The maximum Gasteiger partial charge on any atom is 0.216 e. The molecule has 0 aromatic heterocycles. The summed E-state index contributed by atoms with van der Waals surface area (Å²) < 4.78 is 26.6. The lowest BCUT2D eigenvalue weighted by Crippen LogP contribution is -2.31. The second-order valence-corrected chi connectivity index (χ2v) is 4.68. The van der Waals surface area contributed by atoms with Gasteiger partial charge in [-0.25, -0.2) is 0 Å². The number of amides is 1. The van der Waals surface area contributed by atoms with Crippen molar-refractivity contribution in [2.75, 3.05) is 66.0 Å². The second kappa shape index (κ2) is 13.0. The SMILES string of the molecule is CC(=O)NCCOCCOCCOCCOCC1CCO1. The maximum atomic E-state index is 10.6. The van der Waals surface area contributed by atoms with Crippen LogP contribution in [0.4, 0.5) is 0 Å². The molecule has 1 unspecified atom stereocenters. The molecule has 7 nitrogen and oxygen atoms in total. The molecule has 7 heteroatoms. The molecule has 0 saturated carbocycles. The van der Waals surface area contributed by atoms with Gasteiger partial charge >= 0.3 is 0 Å². The zero-order valence-corrected chi connectivity index (χ0v) is 12.8. The first-order valence-electron chi connectivity index (χ1n) is 7.46. The Labute approximate surface area is 126 Å². The molecule has 1 aliphatic rings. The average Bonchev–Trinajstić information content (AvgIpc) is 2.40. The number of carbonyl (C=O) groups is 1. The predicted molar refractivity (Wildman–Crippen MR) is 76.3 cm³/mol. The van der Waals surface area contributed by atoms with Crippen LogP contribution in [0.25, 0.3) is 0 Å². The topological polar surface area (TPSA) is 75.3 Å². The van der Waals surface area contributed by atoms with Crippen molar-refractivity contribution < 1.29 is 28.5 Å². The Morgan fingerprint density at radius 3 is 2.00 bits per heavy atom. The number of nitrogens with one attached hydrogen (secondary N) is 1. The highest BCUT2D eigenvalue weighted by Crippen LogP contribution is 2.10. The van der Waals surface area contributed by atoms with Crippen molar-refractivity contribution >= 4 is 5.91 Å². The van der Waals surface area contributed by atoms with Gasteiger partial charge in [0.05, 0.1) is 59.0 Å². The molecule has 0 radical (unpaired) electrons. The van der Waals surface area contributed by atoms with Gasteiger partial charge < -0.3 is 29.0 Å². The van der Waals surface area contributed by atoms with Crippen LogP contribution in [0, 0.1) is 0 Å². The van der Waals surface area contributed by atoms with Gasteiger partial charge in [-0.1, -0.05) is 0 Å². The molecule has 1 heterocycles. The lowest BCUT2D eigenvalue weighted by molar-refractivity contribution is -0.119. The summed E-state index contributed by atoms with van der Waals surface area (Å²) in [5.74, 6) is -0.0452. The fraction of sp³-hybridized carbons (Fsp3) is 0.929. The van der Waals surface area contributed by atoms with E-state index in [9.17, 15) is 4.79 Å². The van der Waals surface area contributed by atoms with Crippen LogP contribution in [-0.2, 0) is 28.5 Å². The number of hydrogen-bond acceptors (Lipinski definition) is 6. The predicted octanol–water partition coefficient (Wildman–Crippen LogP) is -0.0222. The standard InChI is InChI=1S/C14H27NO6/c1-13(16)15-3-5-17-6-7-18-8-9-19-10-11-20-12-14-2-4-21-14/h14H,2-12H2,1H3,(H,15,16). The minimum Gasteiger partial charge on any atom is -0.377 e. The smallest absolute Gasteiger partial charge is 0.216 e. The molecule has 0 bridgehead atoms. The largest absolute Gasteiger partial charge is 0.377 e. The van der Waals surface area contributed by atoms with Crippen molar-refractivity contribution in [3.63, 3.8) is 0 Å². The van der Waals surface area contributed by atoms with E-state index >= 15 is 0 Å².